The molecule has 14 heteroatoms. The molecule has 0 N–H and O–H groups in total. The first-order valence-electron chi connectivity index (χ1n) is 21.3. The van der Waals surface area contributed by atoms with Crippen LogP contribution in [0.2, 0.25) is 10.0 Å². The number of hydrogen-bond acceptors (Lipinski definition) is 10. The molecule has 4 aromatic heterocycles. The van der Waals surface area contributed by atoms with E-state index in [-0.39, 0.29) is 37.6 Å². The highest BCUT2D eigenvalue weighted by atomic mass is 35.5. The maximum Gasteiger partial charge on any atom is 0.310 e. The SMILES string of the molecule is CCOC(=O)Cc1c(C(=O)c2ccc(Cl)cc2)sc(SCc2ccc(CSc3sc(C(=O)c4ccc(Cl)cc4)c(CC(=O)OCC)c3-[n+]3cc(C)cc(C)c3)cc2)c1-[n+]1cc(C)cc(C)c1. The molecule has 0 unspecified atom stereocenters. The van der Waals surface area contributed by atoms with Gasteiger partial charge in [-0.2, -0.15) is 9.13 Å². The lowest BCUT2D eigenvalue weighted by atomic mass is 10.0. The Balaban J connectivity index is 1.20. The fourth-order valence-corrected chi connectivity index (χ4v) is 12.9. The van der Waals surface area contributed by atoms with Gasteiger partial charge in [-0.1, -0.05) is 47.5 Å². The Hall–Kier alpha value is -5.08. The molecule has 7 aromatic rings. The standard InChI is InChI=1S/C52H48Cl2N2O6S4/c1-7-61-43(57)23-41-45(55-25-31(3)21-32(4)26-55)51(65-49(41)47(59)37-13-17-39(53)18-14-37)63-29-35-9-11-36(12-10-35)30-64-52-46(56-27-33(5)22-34(6)28-56)42(24-44(58)62-8-2)50(66-52)48(60)38-15-19-40(54)20-16-38/h9-22,25-28H,7-8,23-24,29-30H2,1-6H3/q+2. The third kappa shape index (κ3) is 11.9. The summed E-state index contributed by atoms with van der Waals surface area (Å²) in [6.45, 7) is 12.1. The lowest BCUT2D eigenvalue weighted by molar-refractivity contribution is -0.599. The normalized spacial score (nSPS) is 11.2. The number of carbonyl (C=O) groups is 4. The molecule has 0 spiro atoms. The Bertz CT molecular complexity index is 2690. The van der Waals surface area contributed by atoms with Gasteiger partial charge in [0.05, 0.1) is 46.9 Å². The number of nitrogens with zero attached hydrogens (tertiary/aromatic N) is 2. The van der Waals surface area contributed by atoms with Gasteiger partial charge in [-0.15, -0.1) is 46.2 Å². The van der Waals surface area contributed by atoms with Crippen molar-refractivity contribution < 1.29 is 37.8 Å². The van der Waals surface area contributed by atoms with Crippen LogP contribution in [0.3, 0.4) is 0 Å². The summed E-state index contributed by atoms with van der Waals surface area (Å²) in [7, 11) is 0. The topological polar surface area (TPSA) is 94.5 Å². The van der Waals surface area contributed by atoms with Gasteiger partial charge < -0.3 is 9.47 Å². The second-order valence-electron chi connectivity index (χ2n) is 15.7. The number of pyridine rings is 2. The molecule has 3 aromatic carbocycles. The van der Waals surface area contributed by atoms with Crippen LogP contribution in [0.4, 0.5) is 0 Å². The molecule has 0 radical (unpaired) electrons. The number of ketones is 2. The number of thioether (sulfide) groups is 2. The van der Waals surface area contributed by atoms with Crippen molar-refractivity contribution in [3.63, 3.8) is 0 Å². The van der Waals surface area contributed by atoms with Crippen molar-refractivity contribution >= 4 is 92.9 Å². The summed E-state index contributed by atoms with van der Waals surface area (Å²) in [5.41, 5.74) is 10.1. The summed E-state index contributed by atoms with van der Waals surface area (Å²) in [4.78, 5) is 55.7. The number of hydrogen-bond donors (Lipinski definition) is 0. The minimum Gasteiger partial charge on any atom is -0.466 e. The van der Waals surface area contributed by atoms with Crippen LogP contribution < -0.4 is 9.13 Å². The molecule has 338 valence electrons. The van der Waals surface area contributed by atoms with Crippen LogP contribution in [0.25, 0.3) is 11.4 Å². The van der Waals surface area contributed by atoms with Crippen LogP contribution in [-0.4, -0.2) is 36.7 Å². The van der Waals surface area contributed by atoms with Crippen LogP contribution >= 0.6 is 69.4 Å². The van der Waals surface area contributed by atoms with Gasteiger partial charge in [-0.05, 0) is 113 Å². The number of benzene rings is 3. The van der Waals surface area contributed by atoms with Crippen molar-refractivity contribution in [3.05, 3.63) is 185 Å². The first-order chi connectivity index (χ1) is 31.7. The minimum absolute atomic E-state index is 0.0592. The molecule has 66 heavy (non-hydrogen) atoms. The van der Waals surface area contributed by atoms with Crippen molar-refractivity contribution in [2.45, 2.75) is 74.3 Å². The van der Waals surface area contributed by atoms with Gasteiger partial charge in [0.15, 0.2) is 24.8 Å². The highest BCUT2D eigenvalue weighted by molar-refractivity contribution is 8.00. The van der Waals surface area contributed by atoms with E-state index in [1.165, 1.54) is 22.7 Å². The molecule has 0 atom stereocenters. The number of aromatic nitrogens is 2. The van der Waals surface area contributed by atoms with Gasteiger partial charge in [0.1, 0.15) is 8.42 Å². The molecule has 4 heterocycles. The summed E-state index contributed by atoms with van der Waals surface area (Å²) < 4.78 is 16.7. The number of carbonyl (C=O) groups excluding carboxylic acids is 4. The largest absolute Gasteiger partial charge is 0.466 e. The average molecular weight is 996 g/mol. The minimum atomic E-state index is -0.404. The fraction of sp³-hybridized carbons (Fsp3) is 0.231. The molecule has 0 aliphatic heterocycles. The zero-order chi connectivity index (χ0) is 47.1. The summed E-state index contributed by atoms with van der Waals surface area (Å²) in [5.74, 6) is 0.0272. The molecule has 0 amide bonds. The van der Waals surface area contributed by atoms with E-state index in [0.717, 1.165) is 53.2 Å². The number of aryl methyl sites for hydroxylation is 4. The van der Waals surface area contributed by atoms with Gasteiger partial charge in [0, 0.05) is 54.9 Å². The summed E-state index contributed by atoms with van der Waals surface area (Å²) in [6, 6.07) is 26.2. The first-order valence-corrected chi connectivity index (χ1v) is 25.6. The highest BCUT2D eigenvalue weighted by Crippen LogP contribution is 2.42. The van der Waals surface area contributed by atoms with Gasteiger partial charge in [-0.3, -0.25) is 19.2 Å². The monoisotopic (exact) mass is 994 g/mol. The molecule has 0 saturated carbocycles. The van der Waals surface area contributed by atoms with Crippen LogP contribution in [0, 0.1) is 27.7 Å². The fourth-order valence-electron chi connectivity index (χ4n) is 7.56. The molecule has 0 aliphatic rings. The van der Waals surface area contributed by atoms with Gasteiger partial charge in [-0.25, -0.2) is 0 Å². The van der Waals surface area contributed by atoms with Crippen molar-refractivity contribution in [3.8, 4) is 11.4 Å². The van der Waals surface area contributed by atoms with E-state index in [0.29, 0.717) is 53.6 Å². The molecule has 7 rings (SSSR count). The smallest absolute Gasteiger partial charge is 0.310 e. The van der Waals surface area contributed by atoms with Crippen LogP contribution in [0.15, 0.2) is 118 Å². The molecule has 0 aliphatic carbocycles. The number of rotatable bonds is 18. The zero-order valence-corrected chi connectivity index (χ0v) is 42.1. The van der Waals surface area contributed by atoms with E-state index in [4.69, 9.17) is 32.7 Å². The summed E-state index contributed by atoms with van der Waals surface area (Å²) in [5, 5.41) is 1.06. The molecular formula is C52H48Cl2N2O6S4+2. The quantitative estimate of drug-likeness (QED) is 0.0363. The second kappa shape index (κ2) is 22.1. The van der Waals surface area contributed by atoms with Crippen LogP contribution in [0.1, 0.15) is 88.8 Å². The summed E-state index contributed by atoms with van der Waals surface area (Å²) >= 11 is 18.4. The maximum absolute atomic E-state index is 14.2. The molecule has 0 fully saturated rings. The Kier molecular flexibility index (Phi) is 16.4. The number of halogens is 2. The zero-order valence-electron chi connectivity index (χ0n) is 37.4. The van der Waals surface area contributed by atoms with E-state index in [1.807, 2.05) is 61.6 Å². The lowest BCUT2D eigenvalue weighted by Gasteiger charge is -2.07. The van der Waals surface area contributed by atoms with Gasteiger partial charge in [0.25, 0.3) is 0 Å². The lowest BCUT2D eigenvalue weighted by Crippen LogP contribution is -2.33. The highest BCUT2D eigenvalue weighted by Gasteiger charge is 2.34. The Morgan fingerprint density at radius 3 is 1.18 bits per heavy atom. The van der Waals surface area contributed by atoms with E-state index in [1.54, 1.807) is 85.9 Å². The Morgan fingerprint density at radius 2 is 0.864 bits per heavy atom. The maximum atomic E-state index is 14.2. The van der Waals surface area contributed by atoms with E-state index < -0.39 is 11.9 Å². The summed E-state index contributed by atoms with van der Waals surface area (Å²) in [6.07, 6.45) is 7.96. The third-order valence-corrected chi connectivity index (χ3v) is 15.9. The van der Waals surface area contributed by atoms with E-state index in [2.05, 4.69) is 36.4 Å². The third-order valence-electron chi connectivity index (χ3n) is 10.3. The van der Waals surface area contributed by atoms with Gasteiger partial charge >= 0.3 is 11.9 Å². The molecule has 8 nitrogen and oxygen atoms in total. The number of ether oxygens (including phenoxy) is 2. The number of esters is 2. The molecule has 0 saturated heterocycles. The molecule has 0 bridgehead atoms. The van der Waals surface area contributed by atoms with Crippen LogP contribution in [0.5, 0.6) is 0 Å². The van der Waals surface area contributed by atoms with Crippen molar-refractivity contribution in [2.75, 3.05) is 13.2 Å². The predicted molar refractivity (Wildman–Crippen MR) is 267 cm³/mol. The average Bonchev–Trinajstić information content (AvgIpc) is 3.82. The first kappa shape index (κ1) is 48.8. The van der Waals surface area contributed by atoms with E-state index in [9.17, 15) is 19.2 Å². The predicted octanol–water partition coefficient (Wildman–Crippen LogP) is 12.2. The van der Waals surface area contributed by atoms with Crippen molar-refractivity contribution in [2.24, 2.45) is 0 Å². The number of thiophene rings is 2. The van der Waals surface area contributed by atoms with Crippen LogP contribution in [-0.2, 0) is 43.4 Å². The Morgan fingerprint density at radius 1 is 0.530 bits per heavy atom. The van der Waals surface area contributed by atoms with E-state index >= 15 is 0 Å². The van der Waals surface area contributed by atoms with Gasteiger partial charge in [0.2, 0.25) is 22.9 Å². The Labute approximate surface area is 411 Å². The molecular weight excluding hydrogens is 948 g/mol. The van der Waals surface area contributed by atoms with Crippen molar-refractivity contribution in [1.29, 1.82) is 0 Å². The van der Waals surface area contributed by atoms with Crippen molar-refractivity contribution in [1.82, 2.24) is 0 Å². The second-order valence-corrected chi connectivity index (χ2v) is 21.1.